The fourth-order valence-corrected chi connectivity index (χ4v) is 3.85. The van der Waals surface area contributed by atoms with E-state index in [9.17, 15) is 9.59 Å². The SMILES string of the molecule is COc1cc(C=Nn2c(-c3ccccc3)nc3ccccc3c2=O)ccc1OC(=O)/C=C/c1ccccc1. The first kappa shape index (κ1) is 24.4. The quantitative estimate of drug-likeness (QED) is 0.126. The van der Waals surface area contributed by atoms with Crippen molar-refractivity contribution in [1.29, 1.82) is 0 Å². The van der Waals surface area contributed by atoms with E-state index in [4.69, 9.17) is 14.5 Å². The first-order valence-corrected chi connectivity index (χ1v) is 11.9. The largest absolute Gasteiger partial charge is 0.493 e. The topological polar surface area (TPSA) is 82.8 Å². The maximum absolute atomic E-state index is 13.3. The van der Waals surface area contributed by atoms with Crippen molar-refractivity contribution in [3.05, 3.63) is 131 Å². The lowest BCUT2D eigenvalue weighted by molar-refractivity contribution is -0.129. The number of hydrogen-bond acceptors (Lipinski definition) is 6. The molecule has 5 rings (SSSR count). The van der Waals surface area contributed by atoms with Gasteiger partial charge in [-0.1, -0.05) is 72.8 Å². The average Bonchev–Trinajstić information content (AvgIpc) is 2.97. The maximum Gasteiger partial charge on any atom is 0.336 e. The van der Waals surface area contributed by atoms with Crippen LogP contribution in [0.3, 0.4) is 0 Å². The predicted molar refractivity (Wildman–Crippen MR) is 149 cm³/mol. The monoisotopic (exact) mass is 501 g/mol. The Labute approximate surface area is 218 Å². The first-order valence-electron chi connectivity index (χ1n) is 11.9. The predicted octanol–water partition coefficient (Wildman–Crippen LogP) is 5.57. The van der Waals surface area contributed by atoms with Gasteiger partial charge in [-0.3, -0.25) is 4.79 Å². The highest BCUT2D eigenvalue weighted by atomic mass is 16.6. The van der Waals surface area contributed by atoms with Gasteiger partial charge in [0.1, 0.15) is 0 Å². The number of esters is 1. The number of carbonyl (C=O) groups is 1. The molecule has 0 fully saturated rings. The molecule has 4 aromatic carbocycles. The molecule has 186 valence electrons. The van der Waals surface area contributed by atoms with Gasteiger partial charge in [0.2, 0.25) is 0 Å². The molecule has 0 aliphatic rings. The first-order chi connectivity index (χ1) is 18.6. The molecule has 0 saturated carbocycles. The van der Waals surface area contributed by atoms with Crippen molar-refractivity contribution >= 4 is 29.2 Å². The summed E-state index contributed by atoms with van der Waals surface area (Å²) in [5, 5.41) is 4.94. The Hall–Kier alpha value is -5.30. The fourth-order valence-electron chi connectivity index (χ4n) is 3.85. The van der Waals surface area contributed by atoms with Gasteiger partial charge in [0.15, 0.2) is 17.3 Å². The molecule has 7 heteroatoms. The number of methoxy groups -OCH3 is 1. The van der Waals surface area contributed by atoms with Crippen LogP contribution in [0.5, 0.6) is 11.5 Å². The summed E-state index contributed by atoms with van der Waals surface area (Å²) < 4.78 is 12.2. The highest BCUT2D eigenvalue weighted by molar-refractivity contribution is 5.89. The molecular weight excluding hydrogens is 478 g/mol. The zero-order valence-corrected chi connectivity index (χ0v) is 20.5. The smallest absolute Gasteiger partial charge is 0.336 e. The van der Waals surface area contributed by atoms with Gasteiger partial charge in [-0.05, 0) is 47.5 Å². The van der Waals surface area contributed by atoms with Crippen LogP contribution >= 0.6 is 0 Å². The van der Waals surface area contributed by atoms with Crippen LogP contribution in [0.15, 0.2) is 119 Å². The normalized spacial score (nSPS) is 11.3. The molecule has 5 aromatic rings. The lowest BCUT2D eigenvalue weighted by atomic mass is 10.2. The Morgan fingerprint density at radius 2 is 1.55 bits per heavy atom. The van der Waals surface area contributed by atoms with E-state index in [0.717, 1.165) is 11.1 Å². The highest BCUT2D eigenvalue weighted by Gasteiger charge is 2.13. The number of benzene rings is 4. The van der Waals surface area contributed by atoms with Crippen molar-refractivity contribution in [3.63, 3.8) is 0 Å². The third kappa shape index (κ3) is 5.42. The van der Waals surface area contributed by atoms with Crippen molar-refractivity contribution in [1.82, 2.24) is 9.66 Å². The van der Waals surface area contributed by atoms with Crippen LogP contribution in [-0.2, 0) is 4.79 Å². The van der Waals surface area contributed by atoms with E-state index in [2.05, 4.69) is 5.10 Å². The lowest BCUT2D eigenvalue weighted by Gasteiger charge is -2.10. The van der Waals surface area contributed by atoms with E-state index in [-0.39, 0.29) is 11.3 Å². The molecule has 0 saturated heterocycles. The Bertz CT molecular complexity index is 1710. The summed E-state index contributed by atoms with van der Waals surface area (Å²) in [4.78, 5) is 30.4. The molecule has 0 radical (unpaired) electrons. The summed E-state index contributed by atoms with van der Waals surface area (Å²) in [7, 11) is 1.48. The number of aromatic nitrogens is 2. The number of carbonyl (C=O) groups excluding carboxylic acids is 1. The molecule has 0 atom stereocenters. The van der Waals surface area contributed by atoms with Crippen molar-refractivity contribution in [2.75, 3.05) is 7.11 Å². The number of nitrogens with zero attached hydrogens (tertiary/aromatic N) is 3. The Morgan fingerprint density at radius 1 is 0.842 bits per heavy atom. The number of rotatable bonds is 7. The van der Waals surface area contributed by atoms with Gasteiger partial charge >= 0.3 is 5.97 Å². The van der Waals surface area contributed by atoms with E-state index in [1.165, 1.54) is 24.1 Å². The van der Waals surface area contributed by atoms with Gasteiger partial charge < -0.3 is 9.47 Å². The minimum Gasteiger partial charge on any atom is -0.493 e. The Balaban J connectivity index is 1.44. The molecule has 38 heavy (non-hydrogen) atoms. The van der Waals surface area contributed by atoms with Crippen LogP contribution in [-0.4, -0.2) is 29.0 Å². The summed E-state index contributed by atoms with van der Waals surface area (Å²) in [6, 6.07) is 31.0. The van der Waals surface area contributed by atoms with Gasteiger partial charge in [-0.2, -0.15) is 9.78 Å². The molecule has 0 aliphatic heterocycles. The molecule has 0 amide bonds. The average molecular weight is 502 g/mol. The molecular formula is C31H23N3O4. The summed E-state index contributed by atoms with van der Waals surface area (Å²) in [5.41, 5.74) is 2.60. The van der Waals surface area contributed by atoms with Crippen molar-refractivity contribution in [2.24, 2.45) is 5.10 Å². The van der Waals surface area contributed by atoms with E-state index < -0.39 is 5.97 Å². The zero-order valence-electron chi connectivity index (χ0n) is 20.5. The van der Waals surface area contributed by atoms with E-state index in [1.807, 2.05) is 66.7 Å². The van der Waals surface area contributed by atoms with Crippen LogP contribution < -0.4 is 15.0 Å². The van der Waals surface area contributed by atoms with Gasteiger partial charge in [0.25, 0.3) is 5.56 Å². The third-order valence-corrected chi connectivity index (χ3v) is 5.72. The van der Waals surface area contributed by atoms with Gasteiger partial charge in [0, 0.05) is 11.6 Å². The van der Waals surface area contributed by atoms with Crippen molar-refractivity contribution in [2.45, 2.75) is 0 Å². The molecule has 0 aliphatic carbocycles. The molecule has 0 unspecified atom stereocenters. The second-order valence-corrected chi connectivity index (χ2v) is 8.26. The molecule has 0 spiro atoms. The van der Waals surface area contributed by atoms with E-state index >= 15 is 0 Å². The number of ether oxygens (including phenoxy) is 2. The highest BCUT2D eigenvalue weighted by Crippen LogP contribution is 2.28. The second-order valence-electron chi connectivity index (χ2n) is 8.26. The van der Waals surface area contributed by atoms with Crippen LogP contribution in [0.4, 0.5) is 0 Å². The van der Waals surface area contributed by atoms with Gasteiger partial charge in [-0.15, -0.1) is 0 Å². The van der Waals surface area contributed by atoms with Crippen molar-refractivity contribution < 1.29 is 14.3 Å². The minimum atomic E-state index is -0.533. The Kier molecular flexibility index (Phi) is 7.18. The maximum atomic E-state index is 13.3. The van der Waals surface area contributed by atoms with Gasteiger partial charge in [0.05, 0.1) is 24.2 Å². The lowest BCUT2D eigenvalue weighted by Crippen LogP contribution is -2.20. The summed E-state index contributed by atoms with van der Waals surface area (Å²) in [5.74, 6) is 0.507. The molecule has 0 N–H and O–H groups in total. The molecule has 7 nitrogen and oxygen atoms in total. The third-order valence-electron chi connectivity index (χ3n) is 5.72. The van der Waals surface area contributed by atoms with Crippen LogP contribution in [0, 0.1) is 0 Å². The van der Waals surface area contributed by atoms with Crippen molar-refractivity contribution in [3.8, 4) is 22.9 Å². The fraction of sp³-hybridized carbons (Fsp3) is 0.0323. The molecule has 0 bridgehead atoms. The number of hydrogen-bond donors (Lipinski definition) is 0. The molecule has 1 heterocycles. The van der Waals surface area contributed by atoms with Crippen LogP contribution in [0.2, 0.25) is 0 Å². The zero-order chi connectivity index (χ0) is 26.3. The number of fused-ring (bicyclic) bond motifs is 1. The minimum absolute atomic E-state index is 0.266. The second kappa shape index (κ2) is 11.2. The summed E-state index contributed by atoms with van der Waals surface area (Å²) >= 11 is 0. The summed E-state index contributed by atoms with van der Waals surface area (Å²) in [6.45, 7) is 0. The van der Waals surface area contributed by atoms with E-state index in [0.29, 0.717) is 28.0 Å². The van der Waals surface area contributed by atoms with Crippen LogP contribution in [0.1, 0.15) is 11.1 Å². The Morgan fingerprint density at radius 3 is 2.32 bits per heavy atom. The van der Waals surface area contributed by atoms with E-state index in [1.54, 1.807) is 42.5 Å². The van der Waals surface area contributed by atoms with Crippen LogP contribution in [0.25, 0.3) is 28.4 Å². The summed E-state index contributed by atoms with van der Waals surface area (Å²) in [6.07, 6.45) is 4.57. The van der Waals surface area contributed by atoms with Gasteiger partial charge in [-0.25, -0.2) is 9.78 Å². The number of para-hydroxylation sites is 1. The standard InChI is InChI=1S/C31H23N3O4/c1-37-28-20-23(16-18-27(28)38-29(35)19-17-22-10-4-2-5-11-22)21-32-34-30(24-12-6-3-7-13-24)33-26-15-9-8-14-25(26)31(34)36/h2-21H,1H3/b19-17+,32-21?. The molecule has 1 aromatic heterocycles.